The highest BCUT2D eigenvalue weighted by Crippen LogP contribution is 2.17. The Hall–Kier alpha value is -1.46. The number of hydrogen-bond donors (Lipinski definition) is 1. The van der Waals surface area contributed by atoms with Gasteiger partial charge >= 0.3 is 0 Å². The van der Waals surface area contributed by atoms with Gasteiger partial charge in [0.1, 0.15) is 0 Å². The van der Waals surface area contributed by atoms with Crippen LogP contribution in [0.2, 0.25) is 0 Å². The first-order chi connectivity index (χ1) is 9.10. The lowest BCUT2D eigenvalue weighted by molar-refractivity contribution is 0.111. The molecule has 4 nitrogen and oxygen atoms in total. The highest BCUT2D eigenvalue weighted by Gasteiger charge is 2.14. The average Bonchev–Trinajstić information content (AvgIpc) is 2.94. The van der Waals surface area contributed by atoms with Crippen LogP contribution in [0.5, 0.6) is 5.75 Å². The number of nitrogens with one attached hydrogen (secondary N) is 1. The van der Waals surface area contributed by atoms with E-state index in [9.17, 15) is 9.18 Å². The van der Waals surface area contributed by atoms with Crippen molar-refractivity contribution in [3.63, 3.8) is 0 Å². The van der Waals surface area contributed by atoms with E-state index in [4.69, 9.17) is 0 Å². The predicted molar refractivity (Wildman–Crippen MR) is 73.3 cm³/mol. The summed E-state index contributed by atoms with van der Waals surface area (Å²) in [5.74, 6) is -0.514. The van der Waals surface area contributed by atoms with Crippen LogP contribution in [0.25, 0.3) is 0 Å². The van der Waals surface area contributed by atoms with Gasteiger partial charge in [0, 0.05) is 12.6 Å². The number of halogens is 1. The fraction of sp³-hybridized carbons (Fsp3) is 0.500. The van der Waals surface area contributed by atoms with Crippen LogP contribution in [-0.4, -0.2) is 51.5 Å². The molecule has 1 aromatic rings. The number of rotatable bonds is 3. The van der Waals surface area contributed by atoms with E-state index in [-0.39, 0.29) is 11.3 Å². The molecule has 0 aromatic heterocycles. The zero-order valence-electron chi connectivity index (χ0n) is 11.6. The summed E-state index contributed by atoms with van der Waals surface area (Å²) in [6.45, 7) is 2.37. The van der Waals surface area contributed by atoms with Gasteiger partial charge in [-0.15, -0.1) is 0 Å². The molecule has 1 saturated heterocycles. The molecule has 1 N–H and O–H groups in total. The van der Waals surface area contributed by atoms with E-state index < -0.39 is 5.82 Å². The number of aldehydes is 1. The van der Waals surface area contributed by atoms with Crippen LogP contribution >= 0.6 is 0 Å². The molecule has 0 bridgehead atoms. The maximum atomic E-state index is 12.9. The minimum absolute atomic E-state index is 0.0179. The Kier molecular flexibility index (Phi) is 6.45. The highest BCUT2D eigenvalue weighted by atomic mass is 19.1. The van der Waals surface area contributed by atoms with Crippen molar-refractivity contribution in [1.82, 2.24) is 10.2 Å². The van der Waals surface area contributed by atoms with Crippen molar-refractivity contribution in [1.29, 1.82) is 0 Å². The summed E-state index contributed by atoms with van der Waals surface area (Å²) in [5, 5.41) is 3.31. The van der Waals surface area contributed by atoms with Crippen LogP contribution in [0.4, 0.5) is 4.39 Å². The van der Waals surface area contributed by atoms with Crippen molar-refractivity contribution in [2.24, 2.45) is 0 Å². The van der Waals surface area contributed by atoms with E-state index in [0.717, 1.165) is 6.04 Å². The maximum absolute atomic E-state index is 12.9. The van der Waals surface area contributed by atoms with Crippen molar-refractivity contribution in [3.8, 4) is 5.75 Å². The van der Waals surface area contributed by atoms with Gasteiger partial charge in [0.15, 0.2) is 17.9 Å². The molecule has 1 aromatic carbocycles. The van der Waals surface area contributed by atoms with Gasteiger partial charge in [0.25, 0.3) is 0 Å². The van der Waals surface area contributed by atoms with Gasteiger partial charge in [-0.3, -0.25) is 4.79 Å². The highest BCUT2D eigenvalue weighted by molar-refractivity contribution is 5.76. The van der Waals surface area contributed by atoms with E-state index >= 15 is 0 Å². The van der Waals surface area contributed by atoms with Crippen LogP contribution < -0.4 is 10.1 Å². The van der Waals surface area contributed by atoms with E-state index in [0.29, 0.717) is 6.29 Å². The average molecular weight is 268 g/mol. The minimum Gasteiger partial charge on any atom is -0.494 e. The van der Waals surface area contributed by atoms with Crippen LogP contribution in [0.1, 0.15) is 16.8 Å². The Morgan fingerprint density at radius 1 is 1.47 bits per heavy atom. The Morgan fingerprint density at radius 2 is 2.21 bits per heavy atom. The molecular formula is C14H21FN2O2. The topological polar surface area (TPSA) is 41.6 Å². The number of ether oxygens (including phenoxy) is 1. The largest absolute Gasteiger partial charge is 0.494 e. The third-order valence-corrected chi connectivity index (χ3v) is 3.10. The molecule has 19 heavy (non-hydrogen) atoms. The minimum atomic E-state index is -0.606. The zero-order valence-corrected chi connectivity index (χ0v) is 11.6. The van der Waals surface area contributed by atoms with Gasteiger partial charge in [0.05, 0.1) is 12.7 Å². The molecule has 1 aliphatic rings. The summed E-state index contributed by atoms with van der Waals surface area (Å²) in [4.78, 5) is 12.5. The molecule has 1 fully saturated rings. The van der Waals surface area contributed by atoms with Gasteiger partial charge in [-0.1, -0.05) is 6.07 Å². The normalized spacial score (nSPS) is 17.8. The summed E-state index contributed by atoms with van der Waals surface area (Å²) in [6.07, 6.45) is 1.77. The summed E-state index contributed by atoms with van der Waals surface area (Å²) in [5.41, 5.74) is 0.0179. The van der Waals surface area contributed by atoms with Gasteiger partial charge < -0.3 is 15.0 Å². The zero-order chi connectivity index (χ0) is 14.3. The number of likely N-dealkylation sites (N-methyl/N-ethyl adjacent to an activating group) is 1. The van der Waals surface area contributed by atoms with Gasteiger partial charge in [0.2, 0.25) is 0 Å². The standard InChI is InChI=1S/C8H7FO2.C6H14N2/c1-11-7-4-2-3-6(5-10)8(7)9;1-8(2)6-3-4-7-5-6/h2-5H,1H3;6-7H,3-5H2,1-2H3/t;6-/m.0/s1. The second-order valence-electron chi connectivity index (χ2n) is 4.59. The summed E-state index contributed by atoms with van der Waals surface area (Å²) in [6, 6.07) is 5.20. The number of methoxy groups -OCH3 is 1. The van der Waals surface area contributed by atoms with E-state index in [1.54, 1.807) is 6.07 Å². The molecule has 0 radical (unpaired) electrons. The van der Waals surface area contributed by atoms with Gasteiger partial charge in [-0.05, 0) is 39.2 Å². The van der Waals surface area contributed by atoms with E-state index in [1.165, 1.54) is 38.8 Å². The monoisotopic (exact) mass is 268 g/mol. The third kappa shape index (κ3) is 4.61. The molecule has 2 rings (SSSR count). The van der Waals surface area contributed by atoms with E-state index in [2.05, 4.69) is 29.0 Å². The van der Waals surface area contributed by atoms with Crippen LogP contribution in [-0.2, 0) is 0 Å². The lowest BCUT2D eigenvalue weighted by Crippen LogP contribution is -2.29. The predicted octanol–water partition coefficient (Wildman–Crippen LogP) is 1.56. The molecule has 0 amide bonds. The van der Waals surface area contributed by atoms with Crippen molar-refractivity contribution in [3.05, 3.63) is 29.6 Å². The quantitative estimate of drug-likeness (QED) is 0.845. The number of carbonyl (C=O) groups is 1. The molecule has 106 valence electrons. The summed E-state index contributed by atoms with van der Waals surface area (Å²) in [7, 11) is 5.63. The second-order valence-corrected chi connectivity index (χ2v) is 4.59. The Bertz CT molecular complexity index is 404. The molecule has 0 aliphatic carbocycles. The summed E-state index contributed by atoms with van der Waals surface area (Å²) >= 11 is 0. The molecule has 1 atom stereocenters. The molecule has 1 aliphatic heterocycles. The van der Waals surface area contributed by atoms with E-state index in [1.807, 2.05) is 0 Å². The Labute approximate surface area is 113 Å². The Morgan fingerprint density at radius 3 is 2.63 bits per heavy atom. The molecular weight excluding hydrogens is 247 g/mol. The third-order valence-electron chi connectivity index (χ3n) is 3.10. The van der Waals surface area contributed by atoms with Crippen LogP contribution in [0.3, 0.4) is 0 Å². The lowest BCUT2D eigenvalue weighted by atomic mass is 10.2. The maximum Gasteiger partial charge on any atom is 0.175 e. The SMILES string of the molecule is CN(C)[C@H]1CCNC1.COc1cccc(C=O)c1F. The first-order valence-corrected chi connectivity index (χ1v) is 6.25. The first-order valence-electron chi connectivity index (χ1n) is 6.25. The van der Waals surface area contributed by atoms with Crippen molar-refractivity contribution >= 4 is 6.29 Å². The number of carbonyl (C=O) groups excluding carboxylic acids is 1. The van der Waals surface area contributed by atoms with Crippen LogP contribution in [0.15, 0.2) is 18.2 Å². The lowest BCUT2D eigenvalue weighted by Gasteiger charge is -2.16. The molecule has 1 heterocycles. The Balaban J connectivity index is 0.000000200. The van der Waals surface area contributed by atoms with Crippen LogP contribution in [0, 0.1) is 5.82 Å². The molecule has 0 spiro atoms. The molecule has 0 saturated carbocycles. The van der Waals surface area contributed by atoms with Gasteiger partial charge in [-0.25, -0.2) is 4.39 Å². The van der Waals surface area contributed by atoms with Gasteiger partial charge in [-0.2, -0.15) is 0 Å². The number of hydrogen-bond acceptors (Lipinski definition) is 4. The molecule has 5 heteroatoms. The second kappa shape index (κ2) is 7.86. The number of benzene rings is 1. The summed E-state index contributed by atoms with van der Waals surface area (Å²) < 4.78 is 17.6. The van der Waals surface area contributed by atoms with Crippen molar-refractivity contribution < 1.29 is 13.9 Å². The first kappa shape index (κ1) is 15.6. The fourth-order valence-corrected chi connectivity index (χ4v) is 1.86. The number of nitrogens with zero attached hydrogens (tertiary/aromatic N) is 1. The molecule has 0 unspecified atom stereocenters. The van der Waals surface area contributed by atoms with Crippen molar-refractivity contribution in [2.75, 3.05) is 34.3 Å². The van der Waals surface area contributed by atoms with Crippen molar-refractivity contribution in [2.45, 2.75) is 12.5 Å². The fourth-order valence-electron chi connectivity index (χ4n) is 1.86. The smallest absolute Gasteiger partial charge is 0.175 e.